The van der Waals surface area contributed by atoms with Gasteiger partial charge in [0.05, 0.1) is 6.10 Å². The maximum absolute atomic E-state index is 9.63. The minimum atomic E-state index is -0.0556. The molecule has 94 valence electrons. The summed E-state index contributed by atoms with van der Waals surface area (Å²) in [7, 11) is 0. The molecule has 1 saturated carbocycles. The number of hydrogen-bond acceptors (Lipinski definition) is 2. The summed E-state index contributed by atoms with van der Waals surface area (Å²) in [4.78, 5) is 0. The minimum Gasteiger partial charge on any atom is -0.396 e. The lowest BCUT2D eigenvalue weighted by Crippen LogP contribution is -2.07. The summed E-state index contributed by atoms with van der Waals surface area (Å²) in [5.74, 6) is 0. The topological polar surface area (TPSA) is 40.5 Å². The first-order chi connectivity index (χ1) is 7.83. The van der Waals surface area contributed by atoms with Gasteiger partial charge in [0.15, 0.2) is 0 Å². The molecule has 0 atom stereocenters. The van der Waals surface area contributed by atoms with Crippen LogP contribution in [0.5, 0.6) is 0 Å². The first-order valence-electron chi connectivity index (χ1n) is 6.79. The van der Waals surface area contributed by atoms with E-state index in [-0.39, 0.29) is 6.10 Å². The van der Waals surface area contributed by atoms with Gasteiger partial charge in [-0.05, 0) is 51.4 Å². The summed E-state index contributed by atoms with van der Waals surface area (Å²) >= 11 is 0. The van der Waals surface area contributed by atoms with E-state index in [1.165, 1.54) is 25.7 Å². The van der Waals surface area contributed by atoms with E-state index in [1.807, 2.05) is 0 Å². The van der Waals surface area contributed by atoms with Gasteiger partial charge in [-0.15, -0.1) is 0 Å². The van der Waals surface area contributed by atoms with Crippen molar-refractivity contribution >= 4 is 0 Å². The van der Waals surface area contributed by atoms with Crippen LogP contribution in [0.1, 0.15) is 64.2 Å². The van der Waals surface area contributed by atoms with Gasteiger partial charge in [-0.3, -0.25) is 0 Å². The van der Waals surface area contributed by atoms with Crippen LogP contribution in [0, 0.1) is 0 Å². The maximum Gasteiger partial charge on any atom is 0.0540 e. The Kier molecular flexibility index (Phi) is 7.52. The Labute approximate surface area is 99.4 Å². The highest BCUT2D eigenvalue weighted by atomic mass is 16.3. The molecule has 16 heavy (non-hydrogen) atoms. The van der Waals surface area contributed by atoms with E-state index in [4.69, 9.17) is 5.11 Å². The number of allylic oxidation sites excluding steroid dienone is 2. The molecule has 1 fully saturated rings. The first-order valence-corrected chi connectivity index (χ1v) is 6.79. The summed E-state index contributed by atoms with van der Waals surface area (Å²) < 4.78 is 0. The van der Waals surface area contributed by atoms with Crippen LogP contribution in [0.3, 0.4) is 0 Å². The van der Waals surface area contributed by atoms with Crippen LogP contribution >= 0.6 is 0 Å². The largest absolute Gasteiger partial charge is 0.396 e. The van der Waals surface area contributed by atoms with Crippen molar-refractivity contribution < 1.29 is 10.2 Å². The number of rotatable bonds is 3. The number of hydrogen-bond donors (Lipinski definition) is 2. The second-order valence-electron chi connectivity index (χ2n) is 4.87. The molecule has 0 radical (unpaired) electrons. The van der Waals surface area contributed by atoms with Crippen LogP contribution in [-0.2, 0) is 0 Å². The average Bonchev–Trinajstić information content (AvgIpc) is 2.29. The third-order valence-corrected chi connectivity index (χ3v) is 3.37. The van der Waals surface area contributed by atoms with Crippen molar-refractivity contribution in [2.75, 3.05) is 6.61 Å². The van der Waals surface area contributed by atoms with Crippen molar-refractivity contribution in [2.45, 2.75) is 70.3 Å². The maximum atomic E-state index is 9.63. The predicted octanol–water partition coefficient (Wildman–Crippen LogP) is 3.18. The van der Waals surface area contributed by atoms with Crippen LogP contribution < -0.4 is 0 Å². The molecule has 2 heteroatoms. The van der Waals surface area contributed by atoms with Crippen LogP contribution in [-0.4, -0.2) is 22.9 Å². The van der Waals surface area contributed by atoms with Crippen molar-refractivity contribution in [3.05, 3.63) is 11.6 Å². The first kappa shape index (κ1) is 13.7. The molecule has 0 aliphatic heterocycles. The molecule has 0 bridgehead atoms. The van der Waals surface area contributed by atoms with Gasteiger partial charge in [-0.2, -0.15) is 0 Å². The van der Waals surface area contributed by atoms with Gasteiger partial charge < -0.3 is 10.2 Å². The van der Waals surface area contributed by atoms with E-state index in [1.54, 1.807) is 5.57 Å². The molecule has 2 N–H and O–H groups in total. The molecule has 0 aromatic rings. The average molecular weight is 226 g/mol. The van der Waals surface area contributed by atoms with Crippen molar-refractivity contribution in [3.8, 4) is 0 Å². The van der Waals surface area contributed by atoms with Gasteiger partial charge >= 0.3 is 0 Å². The monoisotopic (exact) mass is 226 g/mol. The lowest BCUT2D eigenvalue weighted by molar-refractivity contribution is 0.146. The Balaban J connectivity index is 2.31. The van der Waals surface area contributed by atoms with Crippen molar-refractivity contribution in [1.29, 1.82) is 0 Å². The van der Waals surface area contributed by atoms with Gasteiger partial charge in [-0.25, -0.2) is 0 Å². The van der Waals surface area contributed by atoms with E-state index in [0.717, 1.165) is 38.5 Å². The molecule has 0 heterocycles. The highest BCUT2D eigenvalue weighted by molar-refractivity contribution is 5.02. The fourth-order valence-electron chi connectivity index (χ4n) is 2.33. The molecular formula is C14H26O2. The van der Waals surface area contributed by atoms with E-state index in [0.29, 0.717) is 6.61 Å². The Morgan fingerprint density at radius 2 is 1.69 bits per heavy atom. The quantitative estimate of drug-likeness (QED) is 0.573. The summed E-state index contributed by atoms with van der Waals surface area (Å²) in [5, 5.41) is 18.4. The molecule has 0 unspecified atom stereocenters. The van der Waals surface area contributed by atoms with Crippen LogP contribution in [0.15, 0.2) is 11.6 Å². The fraction of sp³-hybridized carbons (Fsp3) is 0.857. The molecule has 1 rings (SSSR count). The molecule has 0 amide bonds. The molecule has 1 aliphatic rings. The summed E-state index contributed by atoms with van der Waals surface area (Å²) in [6.45, 7) is 0.302. The van der Waals surface area contributed by atoms with Gasteiger partial charge in [0, 0.05) is 6.61 Å². The Hall–Kier alpha value is -0.340. The lowest BCUT2D eigenvalue weighted by Gasteiger charge is -2.14. The highest BCUT2D eigenvalue weighted by Crippen LogP contribution is 2.21. The second kappa shape index (κ2) is 8.77. The predicted molar refractivity (Wildman–Crippen MR) is 67.3 cm³/mol. The molecule has 0 aromatic carbocycles. The van der Waals surface area contributed by atoms with Gasteiger partial charge in [0.2, 0.25) is 0 Å². The van der Waals surface area contributed by atoms with Gasteiger partial charge in [0.1, 0.15) is 0 Å². The Morgan fingerprint density at radius 3 is 2.25 bits per heavy atom. The number of aliphatic hydroxyl groups is 2. The summed E-state index contributed by atoms with van der Waals surface area (Å²) in [6, 6.07) is 0. The standard InChI is InChI=1S/C14H26O2/c15-12-6-5-9-13-7-1-3-10-14(16)11-4-2-8-13/h9,14-16H,1-8,10-12H2. The normalized spacial score (nSPS) is 24.1. The number of unbranched alkanes of at least 4 members (excludes halogenated alkanes) is 1. The van der Waals surface area contributed by atoms with E-state index < -0.39 is 0 Å². The lowest BCUT2D eigenvalue weighted by atomic mass is 9.95. The van der Waals surface area contributed by atoms with E-state index in [2.05, 4.69) is 6.08 Å². The highest BCUT2D eigenvalue weighted by Gasteiger charge is 2.07. The Bertz CT molecular complexity index is 185. The van der Waals surface area contributed by atoms with Crippen LogP contribution in [0.25, 0.3) is 0 Å². The molecule has 2 nitrogen and oxygen atoms in total. The third-order valence-electron chi connectivity index (χ3n) is 3.37. The molecular weight excluding hydrogens is 200 g/mol. The zero-order valence-electron chi connectivity index (χ0n) is 10.3. The molecule has 0 aromatic heterocycles. The van der Waals surface area contributed by atoms with Crippen molar-refractivity contribution in [2.24, 2.45) is 0 Å². The van der Waals surface area contributed by atoms with E-state index >= 15 is 0 Å². The van der Waals surface area contributed by atoms with Crippen molar-refractivity contribution in [1.82, 2.24) is 0 Å². The summed E-state index contributed by atoms with van der Waals surface area (Å²) in [6.07, 6.45) is 13.2. The summed E-state index contributed by atoms with van der Waals surface area (Å²) in [5.41, 5.74) is 1.57. The molecule has 0 spiro atoms. The van der Waals surface area contributed by atoms with Crippen LogP contribution in [0.4, 0.5) is 0 Å². The molecule has 1 aliphatic carbocycles. The van der Waals surface area contributed by atoms with Crippen molar-refractivity contribution in [3.63, 3.8) is 0 Å². The van der Waals surface area contributed by atoms with Gasteiger partial charge in [-0.1, -0.05) is 24.5 Å². The second-order valence-corrected chi connectivity index (χ2v) is 4.87. The molecule has 0 saturated heterocycles. The fourth-order valence-corrected chi connectivity index (χ4v) is 2.33. The minimum absolute atomic E-state index is 0.0556. The number of aliphatic hydroxyl groups excluding tert-OH is 2. The zero-order chi connectivity index (χ0) is 11.6. The SMILES string of the molecule is OCCCC=C1CCCCC(O)CCCC1. The smallest absolute Gasteiger partial charge is 0.0540 e. The van der Waals surface area contributed by atoms with Gasteiger partial charge in [0.25, 0.3) is 0 Å². The van der Waals surface area contributed by atoms with E-state index in [9.17, 15) is 5.11 Å². The zero-order valence-corrected chi connectivity index (χ0v) is 10.3. The Morgan fingerprint density at radius 1 is 1.06 bits per heavy atom. The third kappa shape index (κ3) is 6.29. The van der Waals surface area contributed by atoms with Crippen LogP contribution in [0.2, 0.25) is 0 Å².